The zero-order chi connectivity index (χ0) is 9.95. The molecule has 0 spiro atoms. The van der Waals surface area contributed by atoms with Gasteiger partial charge < -0.3 is 5.32 Å². The van der Waals surface area contributed by atoms with Crippen LogP contribution in [0.3, 0.4) is 0 Å². The maximum absolute atomic E-state index is 11.8. The van der Waals surface area contributed by atoms with E-state index in [-0.39, 0.29) is 5.41 Å². The summed E-state index contributed by atoms with van der Waals surface area (Å²) in [4.78, 5) is 0. The Hall–Kier alpha value is -0.250. The van der Waals surface area contributed by atoms with Gasteiger partial charge in [-0.2, -0.15) is 13.2 Å². The Morgan fingerprint density at radius 3 is 2.23 bits per heavy atom. The first-order chi connectivity index (χ1) is 5.91. The molecule has 1 rings (SSSR count). The summed E-state index contributed by atoms with van der Waals surface area (Å²) in [5.74, 6) is 0. The molecule has 1 nitrogen and oxygen atoms in total. The second kappa shape index (κ2) is 3.86. The molecule has 0 saturated heterocycles. The van der Waals surface area contributed by atoms with Crippen molar-refractivity contribution >= 4 is 0 Å². The van der Waals surface area contributed by atoms with Crippen LogP contribution in [0.25, 0.3) is 0 Å². The molecule has 1 aliphatic rings. The van der Waals surface area contributed by atoms with Crippen LogP contribution in [0.4, 0.5) is 13.2 Å². The van der Waals surface area contributed by atoms with Gasteiger partial charge in [-0.05, 0) is 18.3 Å². The summed E-state index contributed by atoms with van der Waals surface area (Å²) >= 11 is 0. The highest BCUT2D eigenvalue weighted by atomic mass is 19.4. The van der Waals surface area contributed by atoms with Crippen molar-refractivity contribution < 1.29 is 13.2 Å². The monoisotopic (exact) mass is 195 g/mol. The summed E-state index contributed by atoms with van der Waals surface area (Å²) in [6.07, 6.45) is 0.346. The van der Waals surface area contributed by atoms with Gasteiger partial charge in [0.05, 0.1) is 6.54 Å². The van der Waals surface area contributed by atoms with Crippen LogP contribution in [0.2, 0.25) is 0 Å². The lowest BCUT2D eigenvalue weighted by atomic mass is 9.89. The maximum atomic E-state index is 11.8. The van der Waals surface area contributed by atoms with E-state index < -0.39 is 12.7 Å². The van der Waals surface area contributed by atoms with E-state index in [4.69, 9.17) is 0 Å². The quantitative estimate of drug-likeness (QED) is 0.730. The molecule has 0 radical (unpaired) electrons. The van der Waals surface area contributed by atoms with Gasteiger partial charge in [0.15, 0.2) is 0 Å². The van der Waals surface area contributed by atoms with E-state index in [0.29, 0.717) is 6.54 Å². The van der Waals surface area contributed by atoms with Crippen LogP contribution in [-0.2, 0) is 0 Å². The van der Waals surface area contributed by atoms with Crippen LogP contribution >= 0.6 is 0 Å². The second-order valence-electron chi connectivity index (χ2n) is 4.24. The van der Waals surface area contributed by atoms with Crippen molar-refractivity contribution in [1.82, 2.24) is 5.32 Å². The van der Waals surface area contributed by atoms with Crippen LogP contribution < -0.4 is 5.32 Å². The molecule has 1 aliphatic carbocycles. The maximum Gasteiger partial charge on any atom is 0.401 e. The Balaban J connectivity index is 2.18. The van der Waals surface area contributed by atoms with E-state index in [2.05, 4.69) is 12.2 Å². The predicted molar refractivity (Wildman–Crippen MR) is 45.5 cm³/mol. The molecule has 0 atom stereocenters. The smallest absolute Gasteiger partial charge is 0.308 e. The van der Waals surface area contributed by atoms with Crippen molar-refractivity contribution in [2.45, 2.75) is 38.8 Å². The highest BCUT2D eigenvalue weighted by molar-refractivity contribution is 4.82. The molecule has 1 N–H and O–H groups in total. The minimum Gasteiger partial charge on any atom is -0.308 e. The van der Waals surface area contributed by atoms with Gasteiger partial charge in [0.25, 0.3) is 0 Å². The molecule has 1 fully saturated rings. The average Bonchev–Trinajstić information content (AvgIpc) is 2.33. The third-order valence-electron chi connectivity index (χ3n) is 2.69. The summed E-state index contributed by atoms with van der Waals surface area (Å²) in [7, 11) is 0. The first-order valence-corrected chi connectivity index (χ1v) is 4.69. The number of nitrogens with one attached hydrogen (secondary N) is 1. The first kappa shape index (κ1) is 10.8. The standard InChI is InChI=1S/C9H16F3N/c1-8(4-2-3-5-8)6-13-7-9(10,11)12/h13H,2-7H2,1H3. The molecule has 0 aromatic rings. The summed E-state index contributed by atoms with van der Waals surface area (Å²) in [6.45, 7) is 1.69. The van der Waals surface area contributed by atoms with Crippen LogP contribution in [-0.4, -0.2) is 19.3 Å². The summed E-state index contributed by atoms with van der Waals surface area (Å²) < 4.78 is 35.4. The molecule has 0 amide bonds. The van der Waals surface area contributed by atoms with Crippen LogP contribution in [0.15, 0.2) is 0 Å². The van der Waals surface area contributed by atoms with Crippen molar-refractivity contribution in [3.63, 3.8) is 0 Å². The van der Waals surface area contributed by atoms with E-state index in [1.54, 1.807) is 0 Å². The molecule has 0 aromatic carbocycles. The van der Waals surface area contributed by atoms with Crippen molar-refractivity contribution in [2.24, 2.45) is 5.41 Å². The van der Waals surface area contributed by atoms with E-state index in [1.807, 2.05) is 0 Å². The van der Waals surface area contributed by atoms with Gasteiger partial charge >= 0.3 is 6.18 Å². The third kappa shape index (κ3) is 3.98. The normalized spacial score (nSPS) is 22.2. The van der Waals surface area contributed by atoms with E-state index in [0.717, 1.165) is 25.7 Å². The second-order valence-corrected chi connectivity index (χ2v) is 4.24. The van der Waals surface area contributed by atoms with Crippen LogP contribution in [0.1, 0.15) is 32.6 Å². The minimum absolute atomic E-state index is 0.102. The summed E-state index contributed by atoms with van der Waals surface area (Å²) in [5.41, 5.74) is 0.102. The molecular weight excluding hydrogens is 179 g/mol. The summed E-state index contributed by atoms with van der Waals surface area (Å²) in [5, 5.41) is 2.48. The first-order valence-electron chi connectivity index (χ1n) is 4.69. The van der Waals surface area contributed by atoms with Crippen molar-refractivity contribution in [3.05, 3.63) is 0 Å². The van der Waals surface area contributed by atoms with Gasteiger partial charge in [0.2, 0.25) is 0 Å². The molecule has 13 heavy (non-hydrogen) atoms. The largest absolute Gasteiger partial charge is 0.401 e. The van der Waals surface area contributed by atoms with Crippen LogP contribution in [0.5, 0.6) is 0 Å². The zero-order valence-electron chi connectivity index (χ0n) is 7.88. The number of alkyl halides is 3. The van der Waals surface area contributed by atoms with E-state index in [1.165, 1.54) is 0 Å². The average molecular weight is 195 g/mol. The lowest BCUT2D eigenvalue weighted by molar-refractivity contribution is -0.125. The van der Waals surface area contributed by atoms with E-state index in [9.17, 15) is 13.2 Å². The number of halogens is 3. The van der Waals surface area contributed by atoms with Gasteiger partial charge in [-0.15, -0.1) is 0 Å². The predicted octanol–water partition coefficient (Wildman–Crippen LogP) is 2.72. The lowest BCUT2D eigenvalue weighted by Gasteiger charge is -2.24. The van der Waals surface area contributed by atoms with Crippen molar-refractivity contribution in [2.75, 3.05) is 13.1 Å². The number of hydrogen-bond acceptors (Lipinski definition) is 1. The van der Waals surface area contributed by atoms with E-state index >= 15 is 0 Å². The topological polar surface area (TPSA) is 12.0 Å². The molecule has 0 bridgehead atoms. The van der Waals surface area contributed by atoms with Gasteiger partial charge in [-0.1, -0.05) is 19.8 Å². The molecule has 0 unspecified atom stereocenters. The Morgan fingerprint density at radius 2 is 1.77 bits per heavy atom. The highest BCUT2D eigenvalue weighted by Gasteiger charge is 2.31. The van der Waals surface area contributed by atoms with Gasteiger partial charge in [-0.3, -0.25) is 0 Å². The van der Waals surface area contributed by atoms with Gasteiger partial charge in [-0.25, -0.2) is 0 Å². The van der Waals surface area contributed by atoms with Crippen molar-refractivity contribution in [1.29, 1.82) is 0 Å². The number of hydrogen-bond donors (Lipinski definition) is 1. The summed E-state index contributed by atoms with van der Waals surface area (Å²) in [6, 6.07) is 0. The zero-order valence-corrected chi connectivity index (χ0v) is 7.88. The van der Waals surface area contributed by atoms with Gasteiger partial charge in [0.1, 0.15) is 0 Å². The van der Waals surface area contributed by atoms with Gasteiger partial charge in [0, 0.05) is 6.54 Å². The molecule has 0 aliphatic heterocycles. The third-order valence-corrected chi connectivity index (χ3v) is 2.69. The fourth-order valence-corrected chi connectivity index (χ4v) is 1.91. The fraction of sp³-hybridized carbons (Fsp3) is 1.00. The fourth-order valence-electron chi connectivity index (χ4n) is 1.91. The Bertz CT molecular complexity index is 159. The highest BCUT2D eigenvalue weighted by Crippen LogP contribution is 2.36. The molecule has 1 saturated carbocycles. The Kier molecular flexibility index (Phi) is 3.22. The Morgan fingerprint density at radius 1 is 1.23 bits per heavy atom. The SMILES string of the molecule is CC1(CNCC(F)(F)F)CCCC1. The molecule has 4 heteroatoms. The van der Waals surface area contributed by atoms with Crippen LogP contribution in [0, 0.1) is 5.41 Å². The Labute approximate surface area is 76.7 Å². The lowest BCUT2D eigenvalue weighted by Crippen LogP contribution is -2.36. The molecule has 78 valence electrons. The molecular formula is C9H16F3N. The van der Waals surface area contributed by atoms with Crippen molar-refractivity contribution in [3.8, 4) is 0 Å². The number of rotatable bonds is 3. The molecule has 0 aromatic heterocycles. The molecule has 0 heterocycles. The minimum atomic E-state index is -4.07.